The first kappa shape index (κ1) is 26.1. The van der Waals surface area contributed by atoms with Crippen LogP contribution in [0.1, 0.15) is 56.9 Å². The average Bonchev–Trinajstić information content (AvgIpc) is 3.22. The molecule has 0 bridgehead atoms. The van der Waals surface area contributed by atoms with E-state index in [0.29, 0.717) is 16.2 Å². The van der Waals surface area contributed by atoms with Gasteiger partial charge in [0, 0.05) is 48.5 Å². The molecule has 3 aromatic rings. The molecular weight excluding hydrogens is 522 g/mol. The molecule has 0 amide bonds. The molecule has 1 saturated heterocycles. The molecule has 1 aromatic carbocycles. The number of anilines is 2. The molecule has 2 N–H and O–H groups in total. The van der Waals surface area contributed by atoms with Crippen molar-refractivity contribution in [3.05, 3.63) is 59.4 Å². The first-order valence-electron chi connectivity index (χ1n) is 13.0. The zero-order valence-corrected chi connectivity index (χ0v) is 23.2. The minimum atomic E-state index is 0.0523. The number of hydrogen-bond donors (Lipinski definition) is 2. The highest BCUT2D eigenvalue weighted by atomic mass is 35.5. The Kier molecular flexibility index (Phi) is 8.74. The first-order valence-corrected chi connectivity index (χ1v) is 14.6. The molecule has 0 spiro atoms. The standard InChI is InChI=1S/C27H32ClN7S2/c28-21-10-8-20(9-11-21)27(12-3-4-13-27)19-31-25(36)34-24-32-22(35-16-5-1-2-6-17-35)18-23(33-24)37-26-29-14-7-15-30-26/h7-11,14-15,18H,1-6,12-13,16-17,19H2,(H2,31,32,33,34,36). The van der Waals surface area contributed by atoms with Gasteiger partial charge in [0.1, 0.15) is 10.8 Å². The predicted molar refractivity (Wildman–Crippen MR) is 155 cm³/mol. The van der Waals surface area contributed by atoms with Gasteiger partial charge in [-0.3, -0.25) is 0 Å². The summed E-state index contributed by atoms with van der Waals surface area (Å²) in [7, 11) is 0. The van der Waals surface area contributed by atoms with Crippen LogP contribution in [0, 0.1) is 0 Å². The molecule has 2 aliphatic rings. The van der Waals surface area contributed by atoms with Crippen molar-refractivity contribution in [2.75, 3.05) is 29.9 Å². The van der Waals surface area contributed by atoms with Crippen molar-refractivity contribution in [2.24, 2.45) is 0 Å². The van der Waals surface area contributed by atoms with Crippen molar-refractivity contribution >= 4 is 52.5 Å². The molecule has 3 heterocycles. The Hall–Kier alpha value is -2.49. The van der Waals surface area contributed by atoms with E-state index < -0.39 is 0 Å². The number of nitrogens with one attached hydrogen (secondary N) is 2. The molecule has 1 saturated carbocycles. The van der Waals surface area contributed by atoms with E-state index in [1.165, 1.54) is 55.9 Å². The summed E-state index contributed by atoms with van der Waals surface area (Å²) in [5, 5.41) is 9.46. The van der Waals surface area contributed by atoms with Gasteiger partial charge in [0.25, 0.3) is 0 Å². The minimum absolute atomic E-state index is 0.0523. The third kappa shape index (κ3) is 6.89. The Morgan fingerprint density at radius 1 is 0.973 bits per heavy atom. The van der Waals surface area contributed by atoms with Crippen molar-refractivity contribution in [1.29, 1.82) is 0 Å². The highest BCUT2D eigenvalue weighted by Gasteiger charge is 2.35. The summed E-state index contributed by atoms with van der Waals surface area (Å²) in [5.41, 5.74) is 1.36. The number of halogens is 1. The second-order valence-corrected chi connectivity index (χ2v) is 11.6. The second-order valence-electron chi connectivity index (χ2n) is 9.72. The van der Waals surface area contributed by atoms with Gasteiger partial charge in [-0.05, 0) is 73.4 Å². The molecule has 2 fully saturated rings. The van der Waals surface area contributed by atoms with Crippen molar-refractivity contribution in [3.63, 3.8) is 0 Å². The Balaban J connectivity index is 1.32. The lowest BCUT2D eigenvalue weighted by Gasteiger charge is -2.30. The van der Waals surface area contributed by atoms with E-state index in [1.54, 1.807) is 12.4 Å². The van der Waals surface area contributed by atoms with Gasteiger partial charge >= 0.3 is 0 Å². The van der Waals surface area contributed by atoms with Gasteiger partial charge in [-0.2, -0.15) is 4.98 Å². The molecule has 2 aromatic heterocycles. The van der Waals surface area contributed by atoms with Crippen LogP contribution in [0.5, 0.6) is 0 Å². The highest BCUT2D eigenvalue weighted by molar-refractivity contribution is 7.99. The van der Waals surface area contributed by atoms with Crippen LogP contribution < -0.4 is 15.5 Å². The van der Waals surface area contributed by atoms with Crippen molar-refractivity contribution in [1.82, 2.24) is 25.3 Å². The predicted octanol–water partition coefficient (Wildman–Crippen LogP) is 6.25. The number of benzene rings is 1. The zero-order valence-electron chi connectivity index (χ0n) is 20.8. The van der Waals surface area contributed by atoms with Crippen molar-refractivity contribution < 1.29 is 0 Å². The van der Waals surface area contributed by atoms with Gasteiger partial charge in [-0.25, -0.2) is 15.0 Å². The molecule has 0 unspecified atom stereocenters. The largest absolute Gasteiger partial charge is 0.361 e. The lowest BCUT2D eigenvalue weighted by atomic mass is 9.79. The summed E-state index contributed by atoms with van der Waals surface area (Å²) in [6.45, 7) is 2.75. The Morgan fingerprint density at radius 3 is 2.38 bits per heavy atom. The minimum Gasteiger partial charge on any atom is -0.361 e. The topological polar surface area (TPSA) is 78.9 Å². The van der Waals surface area contributed by atoms with Gasteiger partial charge in [0.15, 0.2) is 10.3 Å². The lowest BCUT2D eigenvalue weighted by molar-refractivity contribution is 0.435. The number of thiocarbonyl (C=S) groups is 1. The maximum absolute atomic E-state index is 6.15. The van der Waals surface area contributed by atoms with Crippen LogP contribution in [0.25, 0.3) is 0 Å². The van der Waals surface area contributed by atoms with Gasteiger partial charge in [0.2, 0.25) is 5.95 Å². The lowest BCUT2D eigenvalue weighted by Crippen LogP contribution is -2.41. The van der Waals surface area contributed by atoms with E-state index in [1.807, 2.05) is 24.3 Å². The second kappa shape index (κ2) is 12.4. The molecule has 1 aliphatic heterocycles. The zero-order chi connectivity index (χ0) is 25.5. The number of rotatable bonds is 7. The normalized spacial score (nSPS) is 17.3. The summed E-state index contributed by atoms with van der Waals surface area (Å²) in [4.78, 5) is 20.6. The molecule has 0 atom stereocenters. The molecule has 7 nitrogen and oxygen atoms in total. The summed E-state index contributed by atoms with van der Waals surface area (Å²) in [6, 6.07) is 12.1. The molecule has 10 heteroatoms. The van der Waals surface area contributed by atoms with Gasteiger partial charge < -0.3 is 15.5 Å². The van der Waals surface area contributed by atoms with Crippen molar-refractivity contribution in [3.8, 4) is 0 Å². The van der Waals surface area contributed by atoms with E-state index in [0.717, 1.165) is 48.3 Å². The van der Waals surface area contributed by atoms with E-state index >= 15 is 0 Å². The van der Waals surface area contributed by atoms with Crippen LogP contribution in [0.2, 0.25) is 5.02 Å². The molecule has 5 rings (SSSR count). The number of hydrogen-bond acceptors (Lipinski definition) is 7. The monoisotopic (exact) mass is 553 g/mol. The fourth-order valence-corrected chi connectivity index (χ4v) is 6.23. The van der Waals surface area contributed by atoms with E-state index in [4.69, 9.17) is 33.8 Å². The first-order chi connectivity index (χ1) is 18.1. The SMILES string of the molecule is S=C(NCC1(c2ccc(Cl)cc2)CCCC1)Nc1nc(Sc2ncccn2)cc(N2CCCCCC2)n1. The van der Waals surface area contributed by atoms with E-state index in [9.17, 15) is 0 Å². The van der Waals surface area contributed by atoms with Crippen LogP contribution in [-0.2, 0) is 5.41 Å². The Labute approximate surface area is 233 Å². The summed E-state index contributed by atoms with van der Waals surface area (Å²) >= 11 is 13.3. The summed E-state index contributed by atoms with van der Waals surface area (Å²) in [5.74, 6) is 1.40. The molecule has 0 radical (unpaired) electrons. The van der Waals surface area contributed by atoms with Crippen LogP contribution in [0.3, 0.4) is 0 Å². The summed E-state index contributed by atoms with van der Waals surface area (Å²) < 4.78 is 0. The van der Waals surface area contributed by atoms with Crippen molar-refractivity contribution in [2.45, 2.75) is 67.0 Å². The van der Waals surface area contributed by atoms with Gasteiger partial charge in [-0.1, -0.05) is 49.4 Å². The van der Waals surface area contributed by atoms with Gasteiger partial charge in [-0.15, -0.1) is 0 Å². The van der Waals surface area contributed by atoms with Gasteiger partial charge in [0.05, 0.1) is 0 Å². The molecule has 194 valence electrons. The molecule has 1 aliphatic carbocycles. The fraction of sp³-hybridized carbons (Fsp3) is 0.444. The third-order valence-corrected chi connectivity index (χ3v) is 8.50. The fourth-order valence-electron chi connectivity index (χ4n) is 5.23. The number of aromatic nitrogens is 4. The average molecular weight is 554 g/mol. The van der Waals surface area contributed by atoms with Crippen LogP contribution >= 0.6 is 35.6 Å². The van der Waals surface area contributed by atoms with E-state index in [2.05, 4.69) is 37.6 Å². The Bertz CT molecular complexity index is 1180. The van der Waals surface area contributed by atoms with Crippen LogP contribution in [-0.4, -0.2) is 44.7 Å². The molecule has 37 heavy (non-hydrogen) atoms. The summed E-state index contributed by atoms with van der Waals surface area (Å²) in [6.07, 6.45) is 13.0. The Morgan fingerprint density at radius 2 is 1.68 bits per heavy atom. The maximum Gasteiger partial charge on any atom is 0.232 e. The highest BCUT2D eigenvalue weighted by Crippen LogP contribution is 2.41. The van der Waals surface area contributed by atoms with Crippen LogP contribution in [0.15, 0.2) is 59.0 Å². The maximum atomic E-state index is 6.15. The van der Waals surface area contributed by atoms with Crippen LogP contribution in [0.4, 0.5) is 11.8 Å². The molecular formula is C27H32ClN7S2. The number of nitrogens with zero attached hydrogens (tertiary/aromatic N) is 5. The smallest absolute Gasteiger partial charge is 0.232 e. The van der Waals surface area contributed by atoms with E-state index in [-0.39, 0.29) is 5.41 Å². The quantitative estimate of drug-likeness (QED) is 0.200. The third-order valence-electron chi connectivity index (χ3n) is 7.19.